The van der Waals surface area contributed by atoms with E-state index in [0.29, 0.717) is 5.41 Å². The van der Waals surface area contributed by atoms with Gasteiger partial charge in [-0.15, -0.1) is 0 Å². The van der Waals surface area contributed by atoms with Crippen molar-refractivity contribution in [2.24, 2.45) is 5.41 Å². The van der Waals surface area contributed by atoms with Crippen LogP contribution in [0.2, 0.25) is 0 Å². The van der Waals surface area contributed by atoms with E-state index in [1.54, 1.807) is 0 Å². The molecule has 0 aromatic heterocycles. The summed E-state index contributed by atoms with van der Waals surface area (Å²) in [5.41, 5.74) is 0.0813. The second-order valence-electron chi connectivity index (χ2n) is 6.00. The molecule has 0 saturated carbocycles. The van der Waals surface area contributed by atoms with Crippen LogP contribution in [0.15, 0.2) is 0 Å². The standard InChI is InChI=1S/C14H29NO/c1-5-8-14(9-6-2)11-15(12-14)10-13(4,16)7-3/h16H,5-12H2,1-4H3. The van der Waals surface area contributed by atoms with E-state index in [2.05, 4.69) is 25.7 Å². The molecule has 1 unspecified atom stereocenters. The number of nitrogens with zero attached hydrogens (tertiary/aromatic N) is 1. The summed E-state index contributed by atoms with van der Waals surface area (Å²) in [5.74, 6) is 0. The van der Waals surface area contributed by atoms with Gasteiger partial charge in [-0.05, 0) is 31.6 Å². The minimum absolute atomic E-state index is 0.495. The molecule has 1 heterocycles. The van der Waals surface area contributed by atoms with Gasteiger partial charge in [-0.3, -0.25) is 4.90 Å². The average Bonchev–Trinajstić information content (AvgIpc) is 2.16. The van der Waals surface area contributed by atoms with E-state index < -0.39 is 5.60 Å². The SMILES string of the molecule is CCCC1(CCC)CN(CC(C)(O)CC)C1. The van der Waals surface area contributed by atoms with E-state index in [4.69, 9.17) is 0 Å². The molecule has 2 heteroatoms. The van der Waals surface area contributed by atoms with Crippen LogP contribution in [0.3, 0.4) is 0 Å². The summed E-state index contributed by atoms with van der Waals surface area (Å²) in [6.07, 6.45) is 6.13. The summed E-state index contributed by atoms with van der Waals surface area (Å²) in [5, 5.41) is 10.0. The van der Waals surface area contributed by atoms with E-state index in [1.807, 2.05) is 6.92 Å². The molecule has 2 nitrogen and oxygen atoms in total. The molecule has 1 fully saturated rings. The van der Waals surface area contributed by atoms with Crippen LogP contribution >= 0.6 is 0 Å². The number of β-amino-alcohol motifs (C(OH)–C–C–N with tert-alkyl or cyclic N) is 1. The predicted molar refractivity (Wildman–Crippen MR) is 69.6 cm³/mol. The summed E-state index contributed by atoms with van der Waals surface area (Å²) < 4.78 is 0. The molecule has 1 rings (SSSR count). The van der Waals surface area contributed by atoms with Gasteiger partial charge >= 0.3 is 0 Å². The van der Waals surface area contributed by atoms with Gasteiger partial charge in [0.1, 0.15) is 0 Å². The Morgan fingerprint density at radius 2 is 1.62 bits per heavy atom. The second kappa shape index (κ2) is 5.50. The van der Waals surface area contributed by atoms with E-state index in [1.165, 1.54) is 38.8 Å². The fourth-order valence-electron chi connectivity index (χ4n) is 3.11. The van der Waals surface area contributed by atoms with Crippen LogP contribution in [0.4, 0.5) is 0 Å². The maximum atomic E-state index is 10.0. The minimum Gasteiger partial charge on any atom is -0.389 e. The van der Waals surface area contributed by atoms with Gasteiger partial charge in [0.15, 0.2) is 0 Å². The van der Waals surface area contributed by atoms with Crippen molar-refractivity contribution in [3.05, 3.63) is 0 Å². The van der Waals surface area contributed by atoms with Gasteiger partial charge < -0.3 is 5.11 Å². The van der Waals surface area contributed by atoms with Crippen molar-refractivity contribution >= 4 is 0 Å². The quantitative estimate of drug-likeness (QED) is 0.722. The number of hydrogen-bond acceptors (Lipinski definition) is 2. The lowest BCUT2D eigenvalue weighted by Gasteiger charge is -2.52. The highest BCUT2D eigenvalue weighted by molar-refractivity contribution is 4.96. The lowest BCUT2D eigenvalue weighted by molar-refractivity contribution is -0.0696. The lowest BCUT2D eigenvalue weighted by atomic mass is 9.72. The molecule has 0 aromatic rings. The third-order valence-electron chi connectivity index (χ3n) is 4.00. The third-order valence-corrected chi connectivity index (χ3v) is 4.00. The monoisotopic (exact) mass is 227 g/mol. The van der Waals surface area contributed by atoms with Crippen LogP contribution in [0, 0.1) is 5.41 Å². The van der Waals surface area contributed by atoms with Gasteiger partial charge in [0.25, 0.3) is 0 Å². The molecule has 1 N–H and O–H groups in total. The van der Waals surface area contributed by atoms with Gasteiger partial charge in [0, 0.05) is 19.6 Å². The number of likely N-dealkylation sites (tertiary alicyclic amines) is 1. The molecule has 0 aliphatic carbocycles. The first kappa shape index (κ1) is 14.0. The summed E-state index contributed by atoms with van der Waals surface area (Å²) in [4.78, 5) is 2.43. The predicted octanol–water partition coefficient (Wildman–Crippen LogP) is 3.05. The fourth-order valence-corrected chi connectivity index (χ4v) is 3.11. The molecule has 0 amide bonds. The molecular weight excluding hydrogens is 198 g/mol. The Balaban J connectivity index is 2.38. The van der Waals surface area contributed by atoms with Gasteiger partial charge in [-0.2, -0.15) is 0 Å². The zero-order valence-corrected chi connectivity index (χ0v) is 11.6. The summed E-state index contributed by atoms with van der Waals surface area (Å²) in [7, 11) is 0. The van der Waals surface area contributed by atoms with Crippen LogP contribution in [0.1, 0.15) is 59.8 Å². The van der Waals surface area contributed by atoms with Gasteiger partial charge in [0.05, 0.1) is 5.60 Å². The molecule has 0 radical (unpaired) electrons. The zero-order chi connectivity index (χ0) is 12.2. The molecule has 1 aliphatic rings. The number of rotatable bonds is 7. The van der Waals surface area contributed by atoms with Crippen molar-refractivity contribution in [1.82, 2.24) is 4.90 Å². The molecule has 0 aromatic carbocycles. The highest BCUT2D eigenvalue weighted by Gasteiger charge is 2.42. The molecule has 1 saturated heterocycles. The van der Waals surface area contributed by atoms with Crippen LogP contribution in [0.25, 0.3) is 0 Å². The van der Waals surface area contributed by atoms with Crippen molar-refractivity contribution < 1.29 is 5.11 Å². The summed E-state index contributed by atoms with van der Waals surface area (Å²) in [6, 6.07) is 0. The first-order chi connectivity index (χ1) is 7.47. The van der Waals surface area contributed by atoms with E-state index in [9.17, 15) is 5.11 Å². The molecular formula is C14H29NO. The zero-order valence-electron chi connectivity index (χ0n) is 11.6. The third kappa shape index (κ3) is 3.46. The first-order valence-corrected chi connectivity index (χ1v) is 6.91. The lowest BCUT2D eigenvalue weighted by Crippen LogP contribution is -2.59. The maximum absolute atomic E-state index is 10.0. The first-order valence-electron chi connectivity index (χ1n) is 6.91. The summed E-state index contributed by atoms with van der Waals surface area (Å²) >= 11 is 0. The van der Waals surface area contributed by atoms with Crippen molar-refractivity contribution in [2.45, 2.75) is 65.4 Å². The largest absolute Gasteiger partial charge is 0.389 e. The van der Waals surface area contributed by atoms with Crippen molar-refractivity contribution in [2.75, 3.05) is 19.6 Å². The van der Waals surface area contributed by atoms with Crippen molar-refractivity contribution in [3.8, 4) is 0 Å². The van der Waals surface area contributed by atoms with E-state index in [0.717, 1.165) is 13.0 Å². The average molecular weight is 227 g/mol. The van der Waals surface area contributed by atoms with Crippen LogP contribution in [-0.4, -0.2) is 35.2 Å². The molecule has 0 bridgehead atoms. The Morgan fingerprint density at radius 1 is 1.12 bits per heavy atom. The van der Waals surface area contributed by atoms with Gasteiger partial charge in [-0.1, -0.05) is 33.6 Å². The highest BCUT2D eigenvalue weighted by atomic mass is 16.3. The van der Waals surface area contributed by atoms with E-state index >= 15 is 0 Å². The molecule has 1 atom stereocenters. The van der Waals surface area contributed by atoms with Crippen LogP contribution < -0.4 is 0 Å². The smallest absolute Gasteiger partial charge is 0.0743 e. The Kier molecular flexibility index (Phi) is 4.81. The fraction of sp³-hybridized carbons (Fsp3) is 1.00. The second-order valence-corrected chi connectivity index (χ2v) is 6.00. The van der Waals surface area contributed by atoms with Gasteiger partial charge in [0.2, 0.25) is 0 Å². The summed E-state index contributed by atoms with van der Waals surface area (Å²) in [6.45, 7) is 11.8. The van der Waals surface area contributed by atoms with Crippen molar-refractivity contribution in [3.63, 3.8) is 0 Å². The molecule has 0 spiro atoms. The Hall–Kier alpha value is -0.0800. The van der Waals surface area contributed by atoms with Crippen LogP contribution in [0.5, 0.6) is 0 Å². The molecule has 96 valence electrons. The highest BCUT2D eigenvalue weighted by Crippen LogP contribution is 2.40. The van der Waals surface area contributed by atoms with Crippen molar-refractivity contribution in [1.29, 1.82) is 0 Å². The van der Waals surface area contributed by atoms with Crippen LogP contribution in [-0.2, 0) is 0 Å². The van der Waals surface area contributed by atoms with Gasteiger partial charge in [-0.25, -0.2) is 0 Å². The Morgan fingerprint density at radius 3 is 2.00 bits per heavy atom. The normalized spacial score (nSPS) is 23.8. The maximum Gasteiger partial charge on any atom is 0.0743 e. The number of hydrogen-bond donors (Lipinski definition) is 1. The van der Waals surface area contributed by atoms with E-state index in [-0.39, 0.29) is 0 Å². The Bertz CT molecular complexity index is 199. The topological polar surface area (TPSA) is 23.5 Å². The molecule has 16 heavy (non-hydrogen) atoms. The minimum atomic E-state index is -0.495. The number of aliphatic hydroxyl groups is 1. The molecule has 1 aliphatic heterocycles. The Labute approximate surface area is 101 Å².